The molecule has 0 radical (unpaired) electrons. The SMILES string of the molecule is N#Cc1ccc(C=Cc2cccnc2C=Cc2ccc(C#N)cc2)cc1. The summed E-state index contributed by atoms with van der Waals surface area (Å²) < 4.78 is 0. The van der Waals surface area contributed by atoms with Crippen molar-refractivity contribution in [3.8, 4) is 12.1 Å². The van der Waals surface area contributed by atoms with Gasteiger partial charge in [-0.3, -0.25) is 4.98 Å². The zero-order valence-corrected chi connectivity index (χ0v) is 14.0. The molecule has 0 aliphatic heterocycles. The molecule has 0 aliphatic carbocycles. The molecule has 0 fully saturated rings. The molecule has 0 amide bonds. The number of aromatic nitrogens is 1. The van der Waals surface area contributed by atoms with Gasteiger partial charge in [-0.2, -0.15) is 10.5 Å². The van der Waals surface area contributed by atoms with Gasteiger partial charge < -0.3 is 0 Å². The minimum atomic E-state index is 0.644. The fourth-order valence-electron chi connectivity index (χ4n) is 2.41. The zero-order valence-electron chi connectivity index (χ0n) is 14.0. The van der Waals surface area contributed by atoms with E-state index in [1.807, 2.05) is 60.7 Å². The first-order chi connectivity index (χ1) is 12.8. The molecule has 0 unspecified atom stereocenters. The lowest BCUT2D eigenvalue weighted by atomic mass is 10.1. The highest BCUT2D eigenvalue weighted by molar-refractivity contribution is 5.78. The number of hydrogen-bond donors (Lipinski definition) is 0. The van der Waals surface area contributed by atoms with Crippen LogP contribution in [0.25, 0.3) is 24.3 Å². The number of pyridine rings is 1. The van der Waals surface area contributed by atoms with Crippen LogP contribution in [0.15, 0.2) is 66.9 Å². The molecule has 1 aromatic heterocycles. The number of hydrogen-bond acceptors (Lipinski definition) is 3. The molecule has 0 saturated carbocycles. The van der Waals surface area contributed by atoms with Crippen LogP contribution in [0.4, 0.5) is 0 Å². The van der Waals surface area contributed by atoms with Crippen molar-refractivity contribution in [2.45, 2.75) is 0 Å². The number of benzene rings is 2. The molecular formula is C23H15N3. The van der Waals surface area contributed by atoms with E-state index in [1.54, 1.807) is 30.5 Å². The molecule has 3 rings (SSSR count). The monoisotopic (exact) mass is 333 g/mol. The van der Waals surface area contributed by atoms with Crippen LogP contribution in [0.2, 0.25) is 0 Å². The van der Waals surface area contributed by atoms with E-state index in [0.717, 1.165) is 22.4 Å². The molecule has 0 atom stereocenters. The van der Waals surface area contributed by atoms with Gasteiger partial charge in [-0.15, -0.1) is 0 Å². The molecule has 0 saturated heterocycles. The van der Waals surface area contributed by atoms with Crippen molar-refractivity contribution in [2.75, 3.05) is 0 Å². The Balaban J connectivity index is 1.81. The third-order valence-corrected chi connectivity index (χ3v) is 3.84. The number of nitrogens with zero attached hydrogens (tertiary/aromatic N) is 3. The fourth-order valence-corrected chi connectivity index (χ4v) is 2.41. The first-order valence-electron chi connectivity index (χ1n) is 8.10. The van der Waals surface area contributed by atoms with Crippen LogP contribution >= 0.6 is 0 Å². The van der Waals surface area contributed by atoms with E-state index in [9.17, 15) is 0 Å². The summed E-state index contributed by atoms with van der Waals surface area (Å²) in [7, 11) is 0. The summed E-state index contributed by atoms with van der Waals surface area (Å²) >= 11 is 0. The number of nitriles is 2. The second kappa shape index (κ2) is 8.24. The van der Waals surface area contributed by atoms with Crippen LogP contribution in [0.1, 0.15) is 33.5 Å². The van der Waals surface area contributed by atoms with Gasteiger partial charge in [0.2, 0.25) is 0 Å². The maximum atomic E-state index is 8.86. The lowest BCUT2D eigenvalue weighted by Crippen LogP contribution is -1.85. The first-order valence-corrected chi connectivity index (χ1v) is 8.10. The standard InChI is InChI=1S/C23H15N3/c24-16-20-7-3-18(4-8-20)11-13-22-2-1-15-26-23(22)14-12-19-5-9-21(17-25)10-6-19/h1-15H. The van der Waals surface area contributed by atoms with E-state index in [1.165, 1.54) is 0 Å². The summed E-state index contributed by atoms with van der Waals surface area (Å²) in [6.07, 6.45) is 9.70. The topological polar surface area (TPSA) is 60.5 Å². The second-order valence-corrected chi connectivity index (χ2v) is 5.61. The van der Waals surface area contributed by atoms with Gasteiger partial charge in [-0.25, -0.2) is 0 Å². The number of rotatable bonds is 4. The molecule has 26 heavy (non-hydrogen) atoms. The van der Waals surface area contributed by atoms with Crippen LogP contribution in [0.5, 0.6) is 0 Å². The third-order valence-electron chi connectivity index (χ3n) is 3.84. The molecule has 3 heteroatoms. The van der Waals surface area contributed by atoms with Crippen molar-refractivity contribution in [3.63, 3.8) is 0 Å². The van der Waals surface area contributed by atoms with Crippen LogP contribution in [0, 0.1) is 22.7 Å². The van der Waals surface area contributed by atoms with E-state index in [-0.39, 0.29) is 0 Å². The maximum absolute atomic E-state index is 8.86. The Labute approximate surface area is 152 Å². The second-order valence-electron chi connectivity index (χ2n) is 5.61. The lowest BCUT2D eigenvalue weighted by molar-refractivity contribution is 1.28. The molecule has 3 aromatic rings. The predicted molar refractivity (Wildman–Crippen MR) is 104 cm³/mol. The first kappa shape index (κ1) is 16.9. The van der Waals surface area contributed by atoms with E-state index in [2.05, 4.69) is 17.1 Å². The molecule has 2 aromatic carbocycles. The Kier molecular flexibility index (Phi) is 5.35. The molecule has 0 bridgehead atoms. The summed E-state index contributed by atoms with van der Waals surface area (Å²) in [6, 6.07) is 23.0. The summed E-state index contributed by atoms with van der Waals surface area (Å²) in [6.45, 7) is 0. The van der Waals surface area contributed by atoms with Crippen molar-refractivity contribution in [1.29, 1.82) is 10.5 Å². The van der Waals surface area contributed by atoms with Crippen molar-refractivity contribution >= 4 is 24.3 Å². The summed E-state index contributed by atoms with van der Waals surface area (Å²) in [5.74, 6) is 0. The largest absolute Gasteiger partial charge is 0.256 e. The van der Waals surface area contributed by atoms with E-state index >= 15 is 0 Å². The van der Waals surface area contributed by atoms with Crippen LogP contribution in [0.3, 0.4) is 0 Å². The van der Waals surface area contributed by atoms with Gasteiger partial charge in [-0.05, 0) is 47.5 Å². The zero-order chi connectivity index (χ0) is 18.2. The highest BCUT2D eigenvalue weighted by atomic mass is 14.7. The molecular weight excluding hydrogens is 318 g/mol. The van der Waals surface area contributed by atoms with E-state index in [0.29, 0.717) is 11.1 Å². The van der Waals surface area contributed by atoms with Crippen molar-refractivity contribution in [3.05, 3.63) is 100 Å². The van der Waals surface area contributed by atoms with Gasteiger partial charge >= 0.3 is 0 Å². The normalized spacial score (nSPS) is 10.7. The van der Waals surface area contributed by atoms with Crippen LogP contribution < -0.4 is 0 Å². The summed E-state index contributed by atoms with van der Waals surface area (Å²) in [4.78, 5) is 4.43. The van der Waals surface area contributed by atoms with Crippen molar-refractivity contribution in [2.24, 2.45) is 0 Å². The molecule has 0 spiro atoms. The van der Waals surface area contributed by atoms with Gasteiger partial charge in [0, 0.05) is 11.8 Å². The molecule has 0 N–H and O–H groups in total. The highest BCUT2D eigenvalue weighted by Gasteiger charge is 1.97. The van der Waals surface area contributed by atoms with Gasteiger partial charge in [-0.1, -0.05) is 48.6 Å². The quantitative estimate of drug-likeness (QED) is 0.662. The Morgan fingerprint density at radius 2 is 1.19 bits per heavy atom. The van der Waals surface area contributed by atoms with Crippen molar-refractivity contribution < 1.29 is 0 Å². The van der Waals surface area contributed by atoms with Gasteiger partial charge in [0.05, 0.1) is 29.0 Å². The average Bonchev–Trinajstić information content (AvgIpc) is 2.72. The smallest absolute Gasteiger partial charge is 0.0991 e. The molecule has 0 aliphatic rings. The summed E-state index contributed by atoms with van der Waals surface area (Å²) in [5, 5.41) is 17.7. The van der Waals surface area contributed by atoms with E-state index < -0.39 is 0 Å². The van der Waals surface area contributed by atoms with Gasteiger partial charge in [0.1, 0.15) is 0 Å². The lowest BCUT2D eigenvalue weighted by Gasteiger charge is -2.00. The van der Waals surface area contributed by atoms with E-state index in [4.69, 9.17) is 10.5 Å². The molecule has 3 nitrogen and oxygen atoms in total. The minimum Gasteiger partial charge on any atom is -0.256 e. The minimum absolute atomic E-state index is 0.644. The van der Waals surface area contributed by atoms with Crippen molar-refractivity contribution in [1.82, 2.24) is 4.98 Å². The molecule has 122 valence electrons. The predicted octanol–water partition coefficient (Wildman–Crippen LogP) is 5.17. The van der Waals surface area contributed by atoms with Crippen LogP contribution in [-0.2, 0) is 0 Å². The Morgan fingerprint density at radius 1 is 0.654 bits per heavy atom. The Bertz CT molecular complexity index is 942. The third kappa shape index (κ3) is 4.32. The highest BCUT2D eigenvalue weighted by Crippen LogP contribution is 2.15. The maximum Gasteiger partial charge on any atom is 0.0991 e. The summed E-state index contributed by atoms with van der Waals surface area (Å²) in [5.41, 5.74) is 5.19. The average molecular weight is 333 g/mol. The fraction of sp³-hybridized carbons (Fsp3) is 0. The van der Waals surface area contributed by atoms with Gasteiger partial charge in [0.25, 0.3) is 0 Å². The Morgan fingerprint density at radius 3 is 1.73 bits per heavy atom. The molecule has 1 heterocycles. The Hall–Kier alpha value is -3.95. The van der Waals surface area contributed by atoms with Gasteiger partial charge in [0.15, 0.2) is 0 Å². The van der Waals surface area contributed by atoms with Crippen LogP contribution in [-0.4, -0.2) is 4.98 Å².